The molecule has 0 amide bonds. The standard InChI is InChI=1S/C8H7FOS/c9-6-2-1-5-3-4-11-8(5)7(6)10/h3-4,6H,1-2H2/t6-/m1/s1. The number of hydrogen-bond acceptors (Lipinski definition) is 2. The Labute approximate surface area is 67.9 Å². The molecule has 1 atom stereocenters. The first-order chi connectivity index (χ1) is 5.29. The van der Waals surface area contributed by atoms with E-state index in [4.69, 9.17) is 0 Å². The molecule has 0 saturated carbocycles. The number of halogens is 1. The maximum absolute atomic E-state index is 12.8. The smallest absolute Gasteiger partial charge is 0.207 e. The van der Waals surface area contributed by atoms with Crippen LogP contribution in [0.3, 0.4) is 0 Å². The highest BCUT2D eigenvalue weighted by Gasteiger charge is 2.27. The average Bonchev–Trinajstić information content (AvgIpc) is 2.45. The van der Waals surface area contributed by atoms with Crippen molar-refractivity contribution in [3.8, 4) is 0 Å². The zero-order valence-electron chi connectivity index (χ0n) is 5.84. The Balaban J connectivity index is 2.46. The second-order valence-electron chi connectivity index (χ2n) is 2.65. The lowest BCUT2D eigenvalue weighted by Crippen LogP contribution is -2.21. The number of thiophene rings is 1. The Morgan fingerprint density at radius 3 is 3.27 bits per heavy atom. The summed E-state index contributed by atoms with van der Waals surface area (Å²) >= 11 is 1.35. The number of hydrogen-bond donors (Lipinski definition) is 0. The third kappa shape index (κ3) is 0.997. The van der Waals surface area contributed by atoms with Gasteiger partial charge in [-0.05, 0) is 29.9 Å². The van der Waals surface area contributed by atoms with Gasteiger partial charge in [0.15, 0.2) is 6.17 Å². The summed E-state index contributed by atoms with van der Waals surface area (Å²) in [6.07, 6.45) is -0.171. The molecule has 0 aromatic carbocycles. The molecule has 0 fully saturated rings. The summed E-state index contributed by atoms with van der Waals surface area (Å²) in [5.41, 5.74) is 1.02. The predicted molar refractivity (Wildman–Crippen MR) is 41.9 cm³/mol. The molecule has 0 saturated heterocycles. The van der Waals surface area contributed by atoms with Gasteiger partial charge in [0.25, 0.3) is 0 Å². The first-order valence-electron chi connectivity index (χ1n) is 3.53. The zero-order valence-corrected chi connectivity index (χ0v) is 6.66. The van der Waals surface area contributed by atoms with Crippen LogP contribution in [0.15, 0.2) is 11.4 Å². The molecule has 1 aliphatic carbocycles. The van der Waals surface area contributed by atoms with E-state index in [-0.39, 0.29) is 5.78 Å². The topological polar surface area (TPSA) is 17.1 Å². The lowest BCUT2D eigenvalue weighted by atomic mass is 9.97. The molecule has 3 heteroatoms. The van der Waals surface area contributed by atoms with Crippen molar-refractivity contribution < 1.29 is 9.18 Å². The minimum absolute atomic E-state index is 0.318. The van der Waals surface area contributed by atoms with E-state index in [9.17, 15) is 9.18 Å². The molecule has 1 aliphatic rings. The van der Waals surface area contributed by atoms with Gasteiger partial charge in [-0.3, -0.25) is 4.79 Å². The van der Waals surface area contributed by atoms with E-state index >= 15 is 0 Å². The van der Waals surface area contributed by atoms with E-state index in [1.54, 1.807) is 0 Å². The lowest BCUT2D eigenvalue weighted by molar-refractivity contribution is 0.0861. The van der Waals surface area contributed by atoms with Crippen molar-refractivity contribution >= 4 is 17.1 Å². The molecule has 0 unspecified atom stereocenters. The van der Waals surface area contributed by atoms with Crippen LogP contribution in [-0.4, -0.2) is 12.0 Å². The van der Waals surface area contributed by atoms with Crippen molar-refractivity contribution in [2.24, 2.45) is 0 Å². The van der Waals surface area contributed by atoms with Crippen molar-refractivity contribution in [3.63, 3.8) is 0 Å². The summed E-state index contributed by atoms with van der Waals surface area (Å²) in [4.78, 5) is 11.7. The number of ketones is 1. The third-order valence-corrected chi connectivity index (χ3v) is 2.89. The summed E-state index contributed by atoms with van der Waals surface area (Å²) in [5, 5.41) is 1.85. The molecule has 0 N–H and O–H groups in total. The molecular weight excluding hydrogens is 163 g/mol. The summed E-state index contributed by atoms with van der Waals surface area (Å²) in [6, 6.07) is 1.91. The van der Waals surface area contributed by atoms with Gasteiger partial charge >= 0.3 is 0 Å². The van der Waals surface area contributed by atoms with E-state index in [1.165, 1.54) is 11.3 Å². The Hall–Kier alpha value is -0.700. The van der Waals surface area contributed by atoms with Crippen LogP contribution in [0.1, 0.15) is 21.7 Å². The third-order valence-electron chi connectivity index (χ3n) is 1.92. The fraction of sp³-hybridized carbons (Fsp3) is 0.375. The molecule has 2 rings (SSSR count). The van der Waals surface area contributed by atoms with Crippen LogP contribution in [0.4, 0.5) is 4.39 Å². The Morgan fingerprint density at radius 1 is 1.64 bits per heavy atom. The fourth-order valence-electron chi connectivity index (χ4n) is 1.30. The van der Waals surface area contributed by atoms with Gasteiger partial charge in [0.05, 0.1) is 4.88 Å². The molecule has 1 aromatic heterocycles. The number of carbonyl (C=O) groups is 1. The molecule has 1 aromatic rings. The average molecular weight is 170 g/mol. The maximum atomic E-state index is 12.8. The van der Waals surface area contributed by atoms with Crippen molar-refractivity contribution in [2.75, 3.05) is 0 Å². The van der Waals surface area contributed by atoms with E-state index in [2.05, 4.69) is 0 Å². The first-order valence-corrected chi connectivity index (χ1v) is 4.41. The summed E-state index contributed by atoms with van der Waals surface area (Å²) in [7, 11) is 0. The minimum atomic E-state index is -1.25. The highest BCUT2D eigenvalue weighted by Crippen LogP contribution is 2.27. The fourth-order valence-corrected chi connectivity index (χ4v) is 2.24. The molecule has 0 spiro atoms. The van der Waals surface area contributed by atoms with Gasteiger partial charge < -0.3 is 0 Å². The maximum Gasteiger partial charge on any atom is 0.207 e. The minimum Gasteiger partial charge on any atom is -0.290 e. The van der Waals surface area contributed by atoms with Crippen LogP contribution < -0.4 is 0 Å². The van der Waals surface area contributed by atoms with Crippen molar-refractivity contribution in [1.82, 2.24) is 0 Å². The number of aryl methyl sites for hydroxylation is 1. The van der Waals surface area contributed by atoms with E-state index in [1.807, 2.05) is 11.4 Å². The van der Waals surface area contributed by atoms with Crippen LogP contribution in [0.2, 0.25) is 0 Å². The van der Waals surface area contributed by atoms with Crippen LogP contribution in [0, 0.1) is 0 Å². The van der Waals surface area contributed by atoms with Gasteiger partial charge in [0.1, 0.15) is 0 Å². The Bertz CT molecular complexity index is 292. The van der Waals surface area contributed by atoms with Crippen LogP contribution >= 0.6 is 11.3 Å². The largest absolute Gasteiger partial charge is 0.290 e. The highest BCUT2D eigenvalue weighted by atomic mass is 32.1. The molecule has 0 aliphatic heterocycles. The summed E-state index contributed by atoms with van der Waals surface area (Å²) < 4.78 is 12.8. The summed E-state index contributed by atoms with van der Waals surface area (Å²) in [6.45, 7) is 0. The first kappa shape index (κ1) is 6.98. The van der Waals surface area contributed by atoms with Gasteiger partial charge in [-0.2, -0.15) is 0 Å². The molecule has 1 heterocycles. The molecule has 0 bridgehead atoms. The van der Waals surface area contributed by atoms with Gasteiger partial charge in [0, 0.05) is 0 Å². The van der Waals surface area contributed by atoms with E-state index in [0.29, 0.717) is 17.7 Å². The van der Waals surface area contributed by atoms with Crippen LogP contribution in [0.5, 0.6) is 0 Å². The SMILES string of the molecule is O=C1c2sccc2CC[C@H]1F. The number of Topliss-reactive ketones (excluding diaryl/α,β-unsaturated/α-hetero) is 1. The number of fused-ring (bicyclic) bond motifs is 1. The monoisotopic (exact) mass is 170 g/mol. The van der Waals surface area contributed by atoms with Gasteiger partial charge in [-0.1, -0.05) is 0 Å². The normalized spacial score (nSPS) is 23.4. The predicted octanol–water partition coefficient (Wildman–Crippen LogP) is 2.22. The molecular formula is C8H7FOS. The van der Waals surface area contributed by atoms with E-state index in [0.717, 1.165) is 5.56 Å². The number of alkyl halides is 1. The van der Waals surface area contributed by atoms with E-state index < -0.39 is 6.17 Å². The van der Waals surface area contributed by atoms with Crippen LogP contribution in [0.25, 0.3) is 0 Å². The van der Waals surface area contributed by atoms with Crippen molar-refractivity contribution in [3.05, 3.63) is 21.9 Å². The molecule has 58 valence electrons. The van der Waals surface area contributed by atoms with Gasteiger partial charge in [-0.25, -0.2) is 4.39 Å². The second-order valence-corrected chi connectivity index (χ2v) is 3.56. The Morgan fingerprint density at radius 2 is 2.45 bits per heavy atom. The van der Waals surface area contributed by atoms with Crippen molar-refractivity contribution in [2.45, 2.75) is 19.0 Å². The Kier molecular flexibility index (Phi) is 1.53. The quantitative estimate of drug-likeness (QED) is 0.583. The summed E-state index contributed by atoms with van der Waals surface area (Å²) in [5.74, 6) is -0.318. The molecule has 11 heavy (non-hydrogen) atoms. The lowest BCUT2D eigenvalue weighted by Gasteiger charge is -2.12. The number of carbonyl (C=O) groups excluding carboxylic acids is 1. The molecule has 1 nitrogen and oxygen atoms in total. The van der Waals surface area contributed by atoms with Gasteiger partial charge in [0.2, 0.25) is 5.78 Å². The van der Waals surface area contributed by atoms with Gasteiger partial charge in [-0.15, -0.1) is 11.3 Å². The second kappa shape index (κ2) is 2.41. The zero-order chi connectivity index (χ0) is 7.84. The highest BCUT2D eigenvalue weighted by molar-refractivity contribution is 7.12. The number of rotatable bonds is 0. The van der Waals surface area contributed by atoms with Crippen molar-refractivity contribution in [1.29, 1.82) is 0 Å². The molecule has 0 radical (unpaired) electrons. The van der Waals surface area contributed by atoms with Crippen LogP contribution in [-0.2, 0) is 6.42 Å².